The lowest BCUT2D eigenvalue weighted by Crippen LogP contribution is -2.34. The Labute approximate surface area is 98.8 Å². The average Bonchev–Trinajstić information content (AvgIpc) is 2.68. The molecule has 4 unspecified atom stereocenters. The molecular formula is C10H14ClN3S. The van der Waals surface area contributed by atoms with Crippen molar-refractivity contribution in [3.8, 4) is 0 Å². The van der Waals surface area contributed by atoms with Gasteiger partial charge in [-0.1, -0.05) is 11.6 Å². The van der Waals surface area contributed by atoms with Crippen LogP contribution < -0.4 is 0 Å². The Balaban J connectivity index is 1.92. The molecule has 0 amide bonds. The molecule has 2 fully saturated rings. The number of aromatic nitrogens is 2. The van der Waals surface area contributed by atoms with E-state index < -0.39 is 0 Å². The van der Waals surface area contributed by atoms with Gasteiger partial charge in [-0.3, -0.25) is 4.90 Å². The van der Waals surface area contributed by atoms with Crippen molar-refractivity contribution in [1.82, 2.24) is 13.6 Å². The maximum atomic E-state index is 6.08. The number of hydrogen-bond acceptors (Lipinski definition) is 4. The zero-order valence-electron chi connectivity index (χ0n) is 8.69. The van der Waals surface area contributed by atoms with Gasteiger partial charge in [-0.15, -0.1) is 0 Å². The van der Waals surface area contributed by atoms with E-state index in [-0.39, 0.29) is 0 Å². The molecule has 0 radical (unpaired) electrons. The van der Waals surface area contributed by atoms with Crippen molar-refractivity contribution in [2.45, 2.75) is 31.7 Å². The Hall–Kier alpha value is -0.190. The molecular weight excluding hydrogens is 230 g/mol. The van der Waals surface area contributed by atoms with Gasteiger partial charge in [-0.2, -0.15) is 8.75 Å². The van der Waals surface area contributed by atoms with Crippen molar-refractivity contribution in [3.63, 3.8) is 0 Å². The lowest BCUT2D eigenvalue weighted by Gasteiger charge is -2.30. The van der Waals surface area contributed by atoms with Crippen molar-refractivity contribution in [3.05, 3.63) is 10.8 Å². The van der Waals surface area contributed by atoms with Crippen LogP contribution in [0.4, 0.5) is 0 Å². The van der Waals surface area contributed by atoms with Gasteiger partial charge in [0.05, 0.1) is 17.4 Å². The van der Waals surface area contributed by atoms with Crippen LogP contribution in [0.3, 0.4) is 0 Å². The van der Waals surface area contributed by atoms with Crippen LogP contribution in [0.5, 0.6) is 0 Å². The molecule has 82 valence electrons. The summed E-state index contributed by atoms with van der Waals surface area (Å²) in [5, 5.41) is 0.631. The Morgan fingerprint density at radius 1 is 1.47 bits per heavy atom. The molecule has 2 saturated heterocycles. The first-order valence-corrected chi connectivity index (χ1v) is 6.60. The standard InChI is InChI=1S/C10H14ClN3S/c1-6-7-3-2-4-14(6)5-8(7)9-10(11)13-15-12-9/h6-8H,2-5H2,1H3. The van der Waals surface area contributed by atoms with Crippen LogP contribution in [0.2, 0.25) is 5.15 Å². The Morgan fingerprint density at radius 3 is 3.00 bits per heavy atom. The molecule has 0 aliphatic carbocycles. The molecule has 1 aromatic rings. The van der Waals surface area contributed by atoms with E-state index >= 15 is 0 Å². The zero-order chi connectivity index (χ0) is 10.4. The molecule has 5 heteroatoms. The van der Waals surface area contributed by atoms with Crippen LogP contribution in [-0.4, -0.2) is 32.8 Å². The quantitative estimate of drug-likeness (QED) is 0.759. The molecule has 3 heterocycles. The highest BCUT2D eigenvalue weighted by Gasteiger charge is 2.43. The number of nitrogens with zero attached hydrogens (tertiary/aromatic N) is 3. The fourth-order valence-electron chi connectivity index (χ4n) is 3.12. The van der Waals surface area contributed by atoms with E-state index in [2.05, 4.69) is 20.6 Å². The van der Waals surface area contributed by atoms with Gasteiger partial charge in [0.1, 0.15) is 0 Å². The van der Waals surface area contributed by atoms with Crippen molar-refractivity contribution in [1.29, 1.82) is 0 Å². The van der Waals surface area contributed by atoms with E-state index in [1.807, 2.05) is 0 Å². The third-order valence-corrected chi connectivity index (χ3v) is 4.87. The van der Waals surface area contributed by atoms with Gasteiger partial charge in [-0.25, -0.2) is 0 Å². The molecule has 3 nitrogen and oxygen atoms in total. The van der Waals surface area contributed by atoms with Crippen LogP contribution in [0.15, 0.2) is 0 Å². The number of halogens is 1. The minimum absolute atomic E-state index is 0.522. The topological polar surface area (TPSA) is 29.0 Å². The fourth-order valence-corrected chi connectivity index (χ4v) is 3.96. The first-order valence-electron chi connectivity index (χ1n) is 5.49. The van der Waals surface area contributed by atoms with Gasteiger partial charge in [-0.05, 0) is 32.2 Å². The normalized spacial score (nSPS) is 39.6. The lowest BCUT2D eigenvalue weighted by molar-refractivity contribution is 0.190. The van der Waals surface area contributed by atoms with Gasteiger partial charge >= 0.3 is 0 Å². The number of fused-ring (bicyclic) bond motifs is 2. The third-order valence-electron chi connectivity index (χ3n) is 3.95. The maximum absolute atomic E-state index is 6.08. The Bertz CT molecular complexity index is 367. The van der Waals surface area contributed by atoms with Crippen LogP contribution in [0.25, 0.3) is 0 Å². The summed E-state index contributed by atoms with van der Waals surface area (Å²) >= 11 is 7.31. The number of rotatable bonds is 1. The summed E-state index contributed by atoms with van der Waals surface area (Å²) in [6, 6.07) is 0.696. The van der Waals surface area contributed by atoms with E-state index in [0.717, 1.165) is 18.2 Å². The van der Waals surface area contributed by atoms with E-state index in [9.17, 15) is 0 Å². The van der Waals surface area contributed by atoms with Crippen molar-refractivity contribution in [2.75, 3.05) is 13.1 Å². The van der Waals surface area contributed by atoms with E-state index in [1.165, 1.54) is 31.1 Å². The van der Waals surface area contributed by atoms with Crippen molar-refractivity contribution in [2.24, 2.45) is 5.92 Å². The lowest BCUT2D eigenvalue weighted by atomic mass is 9.84. The average molecular weight is 244 g/mol. The second kappa shape index (κ2) is 3.68. The summed E-state index contributed by atoms with van der Waals surface area (Å²) in [6.45, 7) is 4.69. The first-order chi connectivity index (χ1) is 7.27. The van der Waals surface area contributed by atoms with Gasteiger partial charge < -0.3 is 0 Å². The summed E-state index contributed by atoms with van der Waals surface area (Å²) in [6.07, 6.45) is 2.64. The second-order valence-corrected chi connectivity index (χ2v) is 5.47. The Morgan fingerprint density at radius 2 is 2.33 bits per heavy atom. The summed E-state index contributed by atoms with van der Waals surface area (Å²) in [4.78, 5) is 2.56. The van der Waals surface area contributed by atoms with Crippen molar-refractivity contribution >= 4 is 23.3 Å². The molecule has 0 N–H and O–H groups in total. The fraction of sp³-hybridized carbons (Fsp3) is 0.800. The number of hydrogen-bond donors (Lipinski definition) is 0. The second-order valence-electron chi connectivity index (χ2n) is 4.59. The molecule has 0 saturated carbocycles. The zero-order valence-corrected chi connectivity index (χ0v) is 10.3. The van der Waals surface area contributed by atoms with Gasteiger partial charge in [0, 0.05) is 18.5 Å². The summed E-state index contributed by atoms with van der Waals surface area (Å²) in [5.41, 5.74) is 1.04. The monoisotopic (exact) mass is 243 g/mol. The summed E-state index contributed by atoms with van der Waals surface area (Å²) in [7, 11) is 0. The maximum Gasteiger partial charge on any atom is 0.166 e. The molecule has 2 aliphatic heterocycles. The molecule has 1 aromatic heterocycles. The smallest absolute Gasteiger partial charge is 0.166 e. The van der Waals surface area contributed by atoms with E-state index in [1.54, 1.807) is 0 Å². The molecule has 15 heavy (non-hydrogen) atoms. The van der Waals surface area contributed by atoms with Gasteiger partial charge in [0.25, 0.3) is 0 Å². The first kappa shape index (κ1) is 10.00. The SMILES string of the molecule is CC1C2CCCN1CC2c1nsnc1Cl. The minimum Gasteiger partial charge on any atom is -0.300 e. The predicted octanol–water partition coefficient (Wildman–Crippen LogP) is 2.39. The molecule has 0 aromatic carbocycles. The predicted molar refractivity (Wildman–Crippen MR) is 61.4 cm³/mol. The van der Waals surface area contributed by atoms with Gasteiger partial charge in [0.15, 0.2) is 5.15 Å². The third kappa shape index (κ3) is 1.50. The molecule has 4 atom stereocenters. The van der Waals surface area contributed by atoms with E-state index in [4.69, 9.17) is 11.6 Å². The molecule has 0 spiro atoms. The van der Waals surface area contributed by atoms with E-state index in [0.29, 0.717) is 17.1 Å². The molecule has 2 bridgehead atoms. The van der Waals surface area contributed by atoms with Gasteiger partial charge in [0.2, 0.25) is 0 Å². The highest BCUT2D eigenvalue weighted by Crippen LogP contribution is 2.43. The molecule has 2 aliphatic rings. The van der Waals surface area contributed by atoms with Crippen LogP contribution in [0, 0.1) is 5.92 Å². The summed E-state index contributed by atoms with van der Waals surface area (Å²) < 4.78 is 8.44. The molecule has 3 rings (SSSR count). The highest BCUT2D eigenvalue weighted by atomic mass is 35.5. The van der Waals surface area contributed by atoms with Crippen LogP contribution in [-0.2, 0) is 0 Å². The summed E-state index contributed by atoms with van der Waals surface area (Å²) in [5.74, 6) is 1.26. The largest absolute Gasteiger partial charge is 0.300 e. The number of piperidine rings is 1. The van der Waals surface area contributed by atoms with Crippen LogP contribution >= 0.6 is 23.3 Å². The highest BCUT2D eigenvalue weighted by molar-refractivity contribution is 6.99. The Kier molecular flexibility index (Phi) is 2.45. The van der Waals surface area contributed by atoms with Crippen molar-refractivity contribution < 1.29 is 0 Å². The minimum atomic E-state index is 0.522. The van der Waals surface area contributed by atoms with Crippen LogP contribution in [0.1, 0.15) is 31.4 Å².